The highest BCUT2D eigenvalue weighted by atomic mass is 32.2. The number of hydrogen-bond donors (Lipinski definition) is 3. The molecule has 0 aliphatic rings. The molecule has 150 valence electrons. The van der Waals surface area contributed by atoms with Crippen LogP contribution in [0.15, 0.2) is 52.4 Å². The van der Waals surface area contributed by atoms with Crippen LogP contribution in [0.2, 0.25) is 0 Å². The predicted octanol–water partition coefficient (Wildman–Crippen LogP) is 2.87. The van der Waals surface area contributed by atoms with Crippen molar-refractivity contribution in [2.24, 2.45) is 16.6 Å². The molecule has 1 atom stereocenters. The fourth-order valence-corrected chi connectivity index (χ4v) is 3.50. The van der Waals surface area contributed by atoms with Gasteiger partial charge in [-0.25, -0.2) is 4.39 Å². The normalized spacial score (nSPS) is 12.5. The minimum absolute atomic E-state index is 0.303. The van der Waals surface area contributed by atoms with Crippen molar-refractivity contribution in [3.05, 3.63) is 65.0 Å². The number of hydrogen-bond acceptors (Lipinski definition) is 3. The van der Waals surface area contributed by atoms with Crippen LogP contribution in [0.25, 0.3) is 0 Å². The largest absolute Gasteiger partial charge is 0.369 e. The molecule has 0 radical (unpaired) electrons. The molecule has 0 fully saturated rings. The number of thioether (sulfide) groups is 1. The summed E-state index contributed by atoms with van der Waals surface area (Å²) in [5.41, 5.74) is 8.81. The quantitative estimate of drug-likeness (QED) is 0.360. The lowest BCUT2D eigenvalue weighted by Gasteiger charge is -2.18. The van der Waals surface area contributed by atoms with Crippen molar-refractivity contribution in [1.29, 1.82) is 0 Å². The Balaban J connectivity index is 1.93. The molecule has 2 rings (SSSR count). The van der Waals surface area contributed by atoms with E-state index in [0.29, 0.717) is 25.5 Å². The molecular weight excluding hydrogens is 375 g/mol. The standard InChI is InChI=1S/C21H27FN4OS/c1-14-4-7-16(19(10-14)28-3)12-25-21(24-2)26-13-17(20(23)27)11-15-5-8-18(22)9-6-15/h4-10,17H,11-13H2,1-3H3,(H2,23,27)(H2,24,25,26). The summed E-state index contributed by atoms with van der Waals surface area (Å²) in [5, 5.41) is 6.43. The van der Waals surface area contributed by atoms with E-state index < -0.39 is 11.8 Å². The zero-order valence-electron chi connectivity index (χ0n) is 16.5. The average Bonchev–Trinajstić information content (AvgIpc) is 2.69. The summed E-state index contributed by atoms with van der Waals surface area (Å²) in [4.78, 5) is 17.2. The molecule has 4 N–H and O–H groups in total. The van der Waals surface area contributed by atoms with Crippen molar-refractivity contribution in [2.75, 3.05) is 19.8 Å². The van der Waals surface area contributed by atoms with Crippen LogP contribution in [0.3, 0.4) is 0 Å². The number of nitrogens with one attached hydrogen (secondary N) is 2. The van der Waals surface area contributed by atoms with Crippen molar-refractivity contribution in [1.82, 2.24) is 10.6 Å². The van der Waals surface area contributed by atoms with Gasteiger partial charge in [0.25, 0.3) is 0 Å². The van der Waals surface area contributed by atoms with E-state index in [2.05, 4.69) is 47.0 Å². The number of nitrogens with two attached hydrogens (primary N) is 1. The molecule has 2 aromatic carbocycles. The van der Waals surface area contributed by atoms with Gasteiger partial charge in [0.05, 0.1) is 5.92 Å². The van der Waals surface area contributed by atoms with Crippen molar-refractivity contribution < 1.29 is 9.18 Å². The summed E-state index contributed by atoms with van der Waals surface area (Å²) in [6.07, 6.45) is 2.49. The van der Waals surface area contributed by atoms with E-state index >= 15 is 0 Å². The molecule has 0 spiro atoms. The van der Waals surface area contributed by atoms with Gasteiger partial charge >= 0.3 is 0 Å². The van der Waals surface area contributed by atoms with Gasteiger partial charge in [-0.15, -0.1) is 11.8 Å². The lowest BCUT2D eigenvalue weighted by atomic mass is 9.98. The van der Waals surface area contributed by atoms with E-state index in [1.807, 2.05) is 0 Å². The number of carbonyl (C=O) groups excluding carboxylic acids is 1. The third-order valence-electron chi connectivity index (χ3n) is 4.43. The molecule has 0 aliphatic heterocycles. The van der Waals surface area contributed by atoms with Gasteiger partial charge in [0.2, 0.25) is 5.91 Å². The number of carbonyl (C=O) groups is 1. The number of benzene rings is 2. The number of halogens is 1. The Kier molecular flexibility index (Phi) is 8.32. The fraction of sp³-hybridized carbons (Fsp3) is 0.333. The van der Waals surface area contributed by atoms with Gasteiger partial charge < -0.3 is 16.4 Å². The van der Waals surface area contributed by atoms with E-state index in [0.717, 1.165) is 5.56 Å². The first-order valence-corrected chi connectivity index (χ1v) is 10.3. The van der Waals surface area contributed by atoms with E-state index in [1.165, 1.54) is 28.2 Å². The molecule has 0 aromatic heterocycles. The molecule has 1 unspecified atom stereocenters. The number of primary amides is 1. The molecule has 7 heteroatoms. The zero-order chi connectivity index (χ0) is 20.5. The Bertz CT molecular complexity index is 824. The summed E-state index contributed by atoms with van der Waals surface area (Å²) < 4.78 is 13.1. The molecule has 0 heterocycles. The van der Waals surface area contributed by atoms with E-state index in [-0.39, 0.29) is 5.82 Å². The average molecular weight is 403 g/mol. The first kappa shape index (κ1) is 21.8. The Morgan fingerprint density at radius 3 is 2.54 bits per heavy atom. The Morgan fingerprint density at radius 2 is 1.93 bits per heavy atom. The van der Waals surface area contributed by atoms with Gasteiger partial charge in [-0.05, 0) is 54.5 Å². The third-order valence-corrected chi connectivity index (χ3v) is 5.25. The van der Waals surface area contributed by atoms with Crippen LogP contribution in [0.1, 0.15) is 16.7 Å². The van der Waals surface area contributed by atoms with Crippen LogP contribution in [-0.4, -0.2) is 31.7 Å². The number of rotatable bonds is 8. The molecule has 0 aliphatic carbocycles. The van der Waals surface area contributed by atoms with Crippen LogP contribution in [0.5, 0.6) is 0 Å². The van der Waals surface area contributed by atoms with Gasteiger partial charge in [-0.2, -0.15) is 0 Å². The Hall–Kier alpha value is -2.54. The Morgan fingerprint density at radius 1 is 1.21 bits per heavy atom. The Labute approximate surface area is 170 Å². The number of aliphatic imine (C=N–C) groups is 1. The van der Waals surface area contributed by atoms with Crippen molar-refractivity contribution >= 4 is 23.6 Å². The lowest BCUT2D eigenvalue weighted by molar-refractivity contribution is -0.121. The summed E-state index contributed by atoms with van der Waals surface area (Å²) in [5.74, 6) is -0.540. The summed E-state index contributed by atoms with van der Waals surface area (Å²) in [6, 6.07) is 12.4. The molecule has 0 bridgehead atoms. The second-order valence-electron chi connectivity index (χ2n) is 6.55. The van der Waals surface area contributed by atoms with Crippen LogP contribution in [0, 0.1) is 18.7 Å². The number of nitrogens with zero attached hydrogens (tertiary/aromatic N) is 1. The minimum atomic E-state index is -0.426. The summed E-state index contributed by atoms with van der Waals surface area (Å²) in [6.45, 7) is 3.04. The van der Waals surface area contributed by atoms with Crippen LogP contribution in [-0.2, 0) is 17.8 Å². The number of amides is 1. The first-order valence-electron chi connectivity index (χ1n) is 9.04. The highest BCUT2D eigenvalue weighted by molar-refractivity contribution is 7.98. The molecule has 2 aromatic rings. The first-order chi connectivity index (χ1) is 13.4. The topological polar surface area (TPSA) is 79.5 Å². The smallest absolute Gasteiger partial charge is 0.222 e. The van der Waals surface area contributed by atoms with Crippen molar-refractivity contribution in [2.45, 2.75) is 24.8 Å². The molecule has 0 saturated carbocycles. The molecular formula is C21H27FN4OS. The maximum atomic E-state index is 13.1. The SMILES string of the molecule is CN=C(NCc1ccc(C)cc1SC)NCC(Cc1ccc(F)cc1)C(N)=O. The molecule has 1 amide bonds. The second kappa shape index (κ2) is 10.7. The van der Waals surface area contributed by atoms with Gasteiger partial charge in [0, 0.05) is 25.0 Å². The van der Waals surface area contributed by atoms with Crippen molar-refractivity contribution in [3.8, 4) is 0 Å². The minimum Gasteiger partial charge on any atom is -0.369 e. The highest BCUT2D eigenvalue weighted by Gasteiger charge is 2.17. The summed E-state index contributed by atoms with van der Waals surface area (Å²) >= 11 is 1.71. The van der Waals surface area contributed by atoms with Crippen LogP contribution < -0.4 is 16.4 Å². The molecule has 28 heavy (non-hydrogen) atoms. The third kappa shape index (κ3) is 6.56. The van der Waals surface area contributed by atoms with Crippen molar-refractivity contribution in [3.63, 3.8) is 0 Å². The van der Waals surface area contributed by atoms with E-state index in [1.54, 1.807) is 30.9 Å². The van der Waals surface area contributed by atoms with Gasteiger partial charge in [-0.1, -0.05) is 24.3 Å². The molecule has 0 saturated heterocycles. The highest BCUT2D eigenvalue weighted by Crippen LogP contribution is 2.21. The second-order valence-corrected chi connectivity index (χ2v) is 7.40. The zero-order valence-corrected chi connectivity index (χ0v) is 17.3. The molecule has 5 nitrogen and oxygen atoms in total. The van der Waals surface area contributed by atoms with Gasteiger partial charge in [0.15, 0.2) is 5.96 Å². The number of guanidine groups is 1. The lowest BCUT2D eigenvalue weighted by Crippen LogP contribution is -2.42. The number of aryl methyl sites for hydroxylation is 1. The predicted molar refractivity (Wildman–Crippen MR) is 114 cm³/mol. The maximum absolute atomic E-state index is 13.1. The monoisotopic (exact) mass is 402 g/mol. The maximum Gasteiger partial charge on any atom is 0.222 e. The fourth-order valence-electron chi connectivity index (χ4n) is 2.80. The van der Waals surface area contributed by atoms with E-state index in [9.17, 15) is 9.18 Å². The van der Waals surface area contributed by atoms with E-state index in [4.69, 9.17) is 5.73 Å². The van der Waals surface area contributed by atoms with Crippen LogP contribution >= 0.6 is 11.8 Å². The van der Waals surface area contributed by atoms with Gasteiger partial charge in [-0.3, -0.25) is 9.79 Å². The van der Waals surface area contributed by atoms with Gasteiger partial charge in [0.1, 0.15) is 5.82 Å². The summed E-state index contributed by atoms with van der Waals surface area (Å²) in [7, 11) is 1.68. The van der Waals surface area contributed by atoms with Crippen LogP contribution in [0.4, 0.5) is 4.39 Å².